The SMILES string of the molecule is COc1cc(-c2noc(=O)[nH]2)cc2sc(C3(O)CCC(OCc4c(-c5c(Cl)cccc5Cl)noc4C4CC4)CC3)nc12. The molecule has 3 heterocycles. The number of ether oxygens (including phenoxy) is 2. The molecule has 10 nitrogen and oxygen atoms in total. The smallest absolute Gasteiger partial charge is 0.439 e. The van der Waals surface area contributed by atoms with E-state index >= 15 is 0 Å². The van der Waals surface area contributed by atoms with Gasteiger partial charge in [-0.1, -0.05) is 39.6 Å². The highest BCUT2D eigenvalue weighted by atomic mass is 35.5. The van der Waals surface area contributed by atoms with Crippen LogP contribution in [0, 0.1) is 0 Å². The molecule has 3 aromatic heterocycles. The number of hydrogen-bond donors (Lipinski definition) is 2. The second-order valence-electron chi connectivity index (χ2n) is 10.8. The van der Waals surface area contributed by atoms with Crippen LogP contribution in [0.5, 0.6) is 5.75 Å². The summed E-state index contributed by atoms with van der Waals surface area (Å²) < 4.78 is 23.2. The van der Waals surface area contributed by atoms with Gasteiger partial charge in [-0.3, -0.25) is 9.51 Å². The normalized spacial score (nSPS) is 20.8. The van der Waals surface area contributed by atoms with E-state index in [9.17, 15) is 9.90 Å². The van der Waals surface area contributed by atoms with Crippen LogP contribution < -0.4 is 10.5 Å². The van der Waals surface area contributed by atoms with Gasteiger partial charge in [0.2, 0.25) is 0 Å². The zero-order chi connectivity index (χ0) is 29.0. The number of methoxy groups -OCH3 is 1. The second-order valence-corrected chi connectivity index (χ2v) is 12.6. The zero-order valence-electron chi connectivity index (χ0n) is 22.5. The van der Waals surface area contributed by atoms with Crippen molar-refractivity contribution in [1.82, 2.24) is 20.3 Å². The second kappa shape index (κ2) is 10.8. The maximum Gasteiger partial charge on any atom is 0.439 e. The maximum absolute atomic E-state index is 11.7. The number of aromatic nitrogens is 4. The predicted molar refractivity (Wildman–Crippen MR) is 157 cm³/mol. The Bertz CT molecular complexity index is 1810. The summed E-state index contributed by atoms with van der Waals surface area (Å²) in [6.07, 6.45) is 4.35. The Hall–Kier alpha value is -3.22. The lowest BCUT2D eigenvalue weighted by atomic mass is 9.83. The fourth-order valence-electron chi connectivity index (χ4n) is 5.54. The van der Waals surface area contributed by atoms with E-state index in [1.165, 1.54) is 11.3 Å². The van der Waals surface area contributed by atoms with Crippen LogP contribution in [0.2, 0.25) is 10.0 Å². The number of rotatable bonds is 8. The first-order chi connectivity index (χ1) is 20.3. The Morgan fingerprint density at radius 2 is 1.88 bits per heavy atom. The van der Waals surface area contributed by atoms with Crippen molar-refractivity contribution in [3.63, 3.8) is 0 Å². The minimum Gasteiger partial charge on any atom is -0.494 e. The number of fused-ring (bicyclic) bond motifs is 1. The fraction of sp³-hybridized carbons (Fsp3) is 0.379. The molecule has 2 aliphatic rings. The summed E-state index contributed by atoms with van der Waals surface area (Å²) in [6, 6.07) is 8.96. The Morgan fingerprint density at radius 3 is 2.55 bits per heavy atom. The molecule has 13 heteroatoms. The van der Waals surface area contributed by atoms with Crippen LogP contribution in [0.15, 0.2) is 44.2 Å². The molecule has 0 atom stereocenters. The largest absolute Gasteiger partial charge is 0.494 e. The molecule has 0 spiro atoms. The summed E-state index contributed by atoms with van der Waals surface area (Å²) in [7, 11) is 1.55. The Balaban J connectivity index is 1.08. The molecule has 2 saturated carbocycles. The van der Waals surface area contributed by atoms with Gasteiger partial charge in [0.1, 0.15) is 33.3 Å². The molecule has 2 aliphatic carbocycles. The number of aromatic amines is 1. The first kappa shape index (κ1) is 27.6. The highest BCUT2D eigenvalue weighted by Gasteiger charge is 2.39. The van der Waals surface area contributed by atoms with Gasteiger partial charge in [-0.15, -0.1) is 11.3 Å². The average Bonchev–Trinajstić information content (AvgIpc) is 3.35. The molecule has 0 aliphatic heterocycles. The van der Waals surface area contributed by atoms with Gasteiger partial charge < -0.3 is 19.1 Å². The summed E-state index contributed by atoms with van der Waals surface area (Å²) in [5.74, 6) is 1.35. The van der Waals surface area contributed by atoms with Crippen LogP contribution in [0.1, 0.15) is 60.8 Å². The third-order valence-corrected chi connectivity index (χ3v) is 9.81. The molecular formula is C29H26Cl2N4O6S. The molecule has 7 rings (SSSR count). The number of benzene rings is 2. The Labute approximate surface area is 253 Å². The van der Waals surface area contributed by atoms with Gasteiger partial charge in [0.15, 0.2) is 5.82 Å². The molecule has 2 N–H and O–H groups in total. The van der Waals surface area contributed by atoms with Crippen LogP contribution in [-0.2, 0) is 16.9 Å². The van der Waals surface area contributed by atoms with Gasteiger partial charge in [-0.2, -0.15) is 0 Å². The van der Waals surface area contributed by atoms with E-state index in [1.54, 1.807) is 31.4 Å². The first-order valence-electron chi connectivity index (χ1n) is 13.6. The minimum atomic E-state index is -1.09. The van der Waals surface area contributed by atoms with E-state index in [2.05, 4.69) is 19.8 Å². The molecule has 42 heavy (non-hydrogen) atoms. The quantitative estimate of drug-likeness (QED) is 0.189. The Kier molecular flexibility index (Phi) is 7.10. The van der Waals surface area contributed by atoms with Crippen molar-refractivity contribution in [2.45, 2.75) is 62.8 Å². The van der Waals surface area contributed by atoms with Gasteiger partial charge >= 0.3 is 5.76 Å². The molecule has 0 unspecified atom stereocenters. The summed E-state index contributed by atoms with van der Waals surface area (Å²) in [5.41, 5.74) is 2.33. The molecule has 0 saturated heterocycles. The van der Waals surface area contributed by atoms with E-state index in [1.807, 2.05) is 6.07 Å². The summed E-state index contributed by atoms with van der Waals surface area (Å²) in [4.78, 5) is 18.8. The van der Waals surface area contributed by atoms with Crippen molar-refractivity contribution in [2.75, 3.05) is 7.11 Å². The zero-order valence-corrected chi connectivity index (χ0v) is 24.8. The highest BCUT2D eigenvalue weighted by molar-refractivity contribution is 7.18. The number of hydrogen-bond acceptors (Lipinski definition) is 10. The van der Waals surface area contributed by atoms with Gasteiger partial charge in [0.05, 0.1) is 34.6 Å². The third-order valence-electron chi connectivity index (χ3n) is 7.98. The maximum atomic E-state index is 11.7. The summed E-state index contributed by atoms with van der Waals surface area (Å²) in [6.45, 7) is 0.320. The van der Waals surface area contributed by atoms with Gasteiger partial charge in [0.25, 0.3) is 0 Å². The Morgan fingerprint density at radius 1 is 1.12 bits per heavy atom. The molecule has 0 bridgehead atoms. The van der Waals surface area contributed by atoms with Crippen molar-refractivity contribution >= 4 is 44.8 Å². The van der Waals surface area contributed by atoms with Crippen molar-refractivity contribution in [3.05, 3.63) is 67.3 Å². The highest BCUT2D eigenvalue weighted by Crippen LogP contribution is 2.47. The molecule has 5 aromatic rings. The summed E-state index contributed by atoms with van der Waals surface area (Å²) >= 11 is 14.4. The van der Waals surface area contributed by atoms with E-state index in [0.29, 0.717) is 87.2 Å². The monoisotopic (exact) mass is 628 g/mol. The van der Waals surface area contributed by atoms with Crippen LogP contribution >= 0.6 is 34.5 Å². The van der Waals surface area contributed by atoms with Crippen molar-refractivity contribution in [2.24, 2.45) is 0 Å². The van der Waals surface area contributed by atoms with E-state index < -0.39 is 11.4 Å². The first-order valence-corrected chi connectivity index (χ1v) is 15.2. The fourth-order valence-corrected chi connectivity index (χ4v) is 7.29. The van der Waals surface area contributed by atoms with Crippen molar-refractivity contribution in [3.8, 4) is 28.4 Å². The standard InChI is InChI=1S/C29H26Cl2N4O6S/c1-38-20-11-15(26-33-28(36)41-35-26)12-21-24(20)32-27(42-21)29(37)9-7-16(8-10-29)39-13-17-23(34-40-25(17)14-5-6-14)22-18(30)3-2-4-19(22)31/h2-4,11-12,14,16,37H,5-10,13H2,1H3,(H,33,35,36). The van der Waals surface area contributed by atoms with Crippen LogP contribution in [0.3, 0.4) is 0 Å². The predicted octanol–water partition coefficient (Wildman–Crippen LogP) is 6.83. The van der Waals surface area contributed by atoms with Crippen LogP contribution in [0.25, 0.3) is 32.9 Å². The average molecular weight is 630 g/mol. The summed E-state index contributed by atoms with van der Waals surface area (Å²) in [5, 5.41) is 21.4. The van der Waals surface area contributed by atoms with Crippen LogP contribution in [0.4, 0.5) is 0 Å². The number of aliphatic hydroxyl groups is 1. The molecule has 0 radical (unpaired) electrons. The molecule has 218 valence electrons. The molecule has 2 fully saturated rings. The lowest BCUT2D eigenvalue weighted by Gasteiger charge is -2.34. The van der Waals surface area contributed by atoms with Gasteiger partial charge in [-0.25, -0.2) is 9.78 Å². The molecule has 2 aromatic carbocycles. The van der Waals surface area contributed by atoms with Crippen molar-refractivity contribution < 1.29 is 23.6 Å². The van der Waals surface area contributed by atoms with E-state index in [-0.39, 0.29) is 6.10 Å². The van der Waals surface area contributed by atoms with Crippen LogP contribution in [-0.4, -0.2) is 38.6 Å². The van der Waals surface area contributed by atoms with Gasteiger partial charge in [-0.05, 0) is 62.8 Å². The van der Waals surface area contributed by atoms with Gasteiger partial charge in [0, 0.05) is 22.6 Å². The lowest BCUT2D eigenvalue weighted by Crippen LogP contribution is -2.34. The number of H-pyrrole nitrogens is 1. The van der Waals surface area contributed by atoms with E-state index in [4.69, 9.17) is 42.2 Å². The minimum absolute atomic E-state index is 0.0544. The molecular weight excluding hydrogens is 603 g/mol. The molecule has 0 amide bonds. The topological polar surface area (TPSA) is 136 Å². The van der Waals surface area contributed by atoms with E-state index in [0.717, 1.165) is 28.9 Å². The number of nitrogens with one attached hydrogen (secondary N) is 1. The number of thiazole rings is 1. The lowest BCUT2D eigenvalue weighted by molar-refractivity contribution is -0.0640. The number of halogens is 2. The third kappa shape index (κ3) is 5.03. The number of nitrogens with zero attached hydrogens (tertiary/aromatic N) is 3. The van der Waals surface area contributed by atoms with Crippen molar-refractivity contribution in [1.29, 1.82) is 0 Å².